The first-order valence-electron chi connectivity index (χ1n) is 10.7. The molecule has 1 heterocycles. The quantitative estimate of drug-likeness (QED) is 0.476. The average Bonchev–Trinajstić information content (AvgIpc) is 3.70. The van der Waals surface area contributed by atoms with Gasteiger partial charge in [-0.05, 0) is 55.9 Å². The molecule has 154 valence electrons. The Morgan fingerprint density at radius 3 is 2.57 bits per heavy atom. The van der Waals surface area contributed by atoms with Gasteiger partial charge in [-0.2, -0.15) is 0 Å². The lowest BCUT2D eigenvalue weighted by Crippen LogP contribution is -2.32. The van der Waals surface area contributed by atoms with Crippen LogP contribution < -0.4 is 4.90 Å². The highest BCUT2D eigenvalue weighted by atomic mass is 32.2. The van der Waals surface area contributed by atoms with Crippen molar-refractivity contribution in [1.29, 1.82) is 0 Å². The number of hydrogen-bond donors (Lipinski definition) is 0. The number of aryl methyl sites for hydroxylation is 1. The van der Waals surface area contributed by atoms with E-state index in [1.165, 1.54) is 37.4 Å². The Balaban J connectivity index is 1.35. The maximum atomic E-state index is 13.3. The molecule has 5 rings (SSSR count). The highest BCUT2D eigenvalue weighted by Crippen LogP contribution is 2.46. The highest BCUT2D eigenvalue weighted by Gasteiger charge is 2.36. The molecule has 0 N–H and O–H groups in total. The summed E-state index contributed by atoms with van der Waals surface area (Å²) in [5.74, 6) is 2.15. The van der Waals surface area contributed by atoms with Gasteiger partial charge in [0.05, 0.1) is 12.3 Å². The highest BCUT2D eigenvalue weighted by molar-refractivity contribution is 7.99. The number of hydrogen-bond acceptors (Lipinski definition) is 4. The third kappa shape index (κ3) is 4.29. The Kier molecular flexibility index (Phi) is 5.34. The summed E-state index contributed by atoms with van der Waals surface area (Å²) in [5, 5.41) is 9.81. The Morgan fingerprint density at radius 2 is 1.87 bits per heavy atom. The summed E-state index contributed by atoms with van der Waals surface area (Å²) in [6.07, 6.45) is 4.82. The third-order valence-corrected chi connectivity index (χ3v) is 6.60. The molecule has 0 bridgehead atoms. The van der Waals surface area contributed by atoms with Crippen LogP contribution >= 0.6 is 11.8 Å². The van der Waals surface area contributed by atoms with Crippen molar-refractivity contribution >= 4 is 23.4 Å². The lowest BCUT2D eigenvalue weighted by molar-refractivity contribution is -0.116. The van der Waals surface area contributed by atoms with Gasteiger partial charge in [0.1, 0.15) is 5.82 Å². The van der Waals surface area contributed by atoms with E-state index < -0.39 is 0 Å². The van der Waals surface area contributed by atoms with Crippen molar-refractivity contribution in [3.63, 3.8) is 0 Å². The second-order valence-electron chi connectivity index (χ2n) is 8.31. The first-order chi connectivity index (χ1) is 14.7. The van der Waals surface area contributed by atoms with Crippen LogP contribution in [0.3, 0.4) is 0 Å². The molecule has 2 aliphatic rings. The van der Waals surface area contributed by atoms with E-state index in [0.717, 1.165) is 27.8 Å². The lowest BCUT2D eigenvalue weighted by atomic mass is 10.1. The van der Waals surface area contributed by atoms with Gasteiger partial charge in [0.15, 0.2) is 5.16 Å². The summed E-state index contributed by atoms with van der Waals surface area (Å²) in [6, 6.07) is 18.8. The maximum absolute atomic E-state index is 13.3. The van der Waals surface area contributed by atoms with E-state index in [1.807, 2.05) is 35.2 Å². The van der Waals surface area contributed by atoms with Gasteiger partial charge in [-0.15, -0.1) is 10.2 Å². The standard InChI is InChI=1S/C24H26N4OS/c1-17-6-5-9-21(14-17)27(15-18-7-3-2-4-8-18)22(29)16-30-24-26-25-23(19-10-11-19)28(24)20-12-13-20/h2-9,14,19-20H,10-13,15-16H2,1H3. The van der Waals surface area contributed by atoms with E-state index in [2.05, 4.69) is 46.0 Å². The molecule has 30 heavy (non-hydrogen) atoms. The van der Waals surface area contributed by atoms with E-state index >= 15 is 0 Å². The molecule has 2 aromatic carbocycles. The van der Waals surface area contributed by atoms with Crippen LogP contribution in [0.25, 0.3) is 0 Å². The van der Waals surface area contributed by atoms with Crippen molar-refractivity contribution in [2.75, 3.05) is 10.7 Å². The zero-order valence-corrected chi connectivity index (χ0v) is 18.0. The van der Waals surface area contributed by atoms with Crippen LogP contribution in [-0.2, 0) is 11.3 Å². The Hall–Kier alpha value is -2.60. The molecule has 2 saturated carbocycles. The zero-order chi connectivity index (χ0) is 20.5. The van der Waals surface area contributed by atoms with Gasteiger partial charge in [0.2, 0.25) is 5.91 Å². The Morgan fingerprint density at radius 1 is 1.07 bits per heavy atom. The SMILES string of the molecule is Cc1cccc(N(Cc2ccccc2)C(=O)CSc2nnc(C3CC3)n2C2CC2)c1. The molecule has 6 heteroatoms. The number of carbonyl (C=O) groups is 1. The van der Waals surface area contributed by atoms with Gasteiger partial charge >= 0.3 is 0 Å². The number of thioether (sulfide) groups is 1. The van der Waals surface area contributed by atoms with Crippen LogP contribution in [0.1, 0.15) is 54.6 Å². The molecule has 0 saturated heterocycles. The minimum absolute atomic E-state index is 0.0905. The monoisotopic (exact) mass is 418 g/mol. The third-order valence-electron chi connectivity index (χ3n) is 5.67. The second kappa shape index (κ2) is 8.26. The van der Waals surface area contributed by atoms with Crippen LogP contribution in [0.15, 0.2) is 59.8 Å². The predicted molar refractivity (Wildman–Crippen MR) is 120 cm³/mol. The summed E-state index contributed by atoms with van der Waals surface area (Å²) in [4.78, 5) is 15.2. The van der Waals surface area contributed by atoms with E-state index in [0.29, 0.717) is 24.3 Å². The molecule has 0 spiro atoms. The van der Waals surface area contributed by atoms with Crippen molar-refractivity contribution in [1.82, 2.24) is 14.8 Å². The minimum atomic E-state index is 0.0905. The van der Waals surface area contributed by atoms with E-state index in [-0.39, 0.29) is 5.91 Å². The fourth-order valence-electron chi connectivity index (χ4n) is 3.77. The lowest BCUT2D eigenvalue weighted by Gasteiger charge is -2.23. The fraction of sp³-hybridized carbons (Fsp3) is 0.375. The molecule has 0 aliphatic heterocycles. The zero-order valence-electron chi connectivity index (χ0n) is 17.2. The molecule has 3 aromatic rings. The molecule has 1 amide bonds. The van der Waals surface area contributed by atoms with Gasteiger partial charge in [-0.1, -0.05) is 54.2 Å². The summed E-state index contributed by atoms with van der Waals surface area (Å²) >= 11 is 1.53. The molecule has 2 fully saturated rings. The minimum Gasteiger partial charge on any atom is -0.307 e. The number of carbonyl (C=O) groups excluding carboxylic acids is 1. The van der Waals surface area contributed by atoms with Crippen molar-refractivity contribution < 1.29 is 4.79 Å². The first kappa shape index (κ1) is 19.4. The van der Waals surface area contributed by atoms with Crippen molar-refractivity contribution in [2.45, 2.75) is 56.3 Å². The number of amides is 1. The van der Waals surface area contributed by atoms with E-state index in [1.54, 1.807) is 0 Å². The molecule has 5 nitrogen and oxygen atoms in total. The molecule has 0 radical (unpaired) electrons. The normalized spacial score (nSPS) is 15.9. The largest absolute Gasteiger partial charge is 0.307 e. The smallest absolute Gasteiger partial charge is 0.237 e. The number of aromatic nitrogens is 3. The van der Waals surface area contributed by atoms with Crippen molar-refractivity contribution in [3.05, 3.63) is 71.5 Å². The number of nitrogens with zero attached hydrogens (tertiary/aromatic N) is 4. The fourth-order valence-corrected chi connectivity index (χ4v) is 4.66. The van der Waals surface area contributed by atoms with Crippen LogP contribution in [0.2, 0.25) is 0 Å². The van der Waals surface area contributed by atoms with E-state index in [9.17, 15) is 4.79 Å². The van der Waals surface area contributed by atoms with Gasteiger partial charge in [-0.25, -0.2) is 0 Å². The molecular formula is C24H26N4OS. The molecule has 1 aromatic heterocycles. The molecule has 0 atom stereocenters. The van der Waals surface area contributed by atoms with Gasteiger partial charge in [0, 0.05) is 17.6 Å². The average molecular weight is 419 g/mol. The van der Waals surface area contributed by atoms with Crippen LogP contribution in [0.5, 0.6) is 0 Å². The summed E-state index contributed by atoms with van der Waals surface area (Å²) < 4.78 is 2.31. The van der Waals surface area contributed by atoms with Gasteiger partial charge < -0.3 is 9.47 Å². The maximum Gasteiger partial charge on any atom is 0.237 e. The summed E-state index contributed by atoms with van der Waals surface area (Å²) in [6.45, 7) is 2.62. The molecular weight excluding hydrogens is 392 g/mol. The summed E-state index contributed by atoms with van der Waals surface area (Å²) in [7, 11) is 0. The number of rotatable bonds is 8. The van der Waals surface area contributed by atoms with Crippen LogP contribution in [0.4, 0.5) is 5.69 Å². The molecule has 0 unspecified atom stereocenters. The first-order valence-corrected chi connectivity index (χ1v) is 11.7. The summed E-state index contributed by atoms with van der Waals surface area (Å²) in [5.41, 5.74) is 3.20. The Labute approximate surface area is 181 Å². The molecule has 2 aliphatic carbocycles. The number of anilines is 1. The van der Waals surface area contributed by atoms with Crippen LogP contribution in [-0.4, -0.2) is 26.4 Å². The predicted octanol–water partition coefficient (Wildman–Crippen LogP) is 5.12. The van der Waals surface area contributed by atoms with Crippen LogP contribution in [0, 0.1) is 6.92 Å². The van der Waals surface area contributed by atoms with Gasteiger partial charge in [0.25, 0.3) is 0 Å². The Bertz CT molecular complexity index is 1040. The number of benzene rings is 2. The second-order valence-corrected chi connectivity index (χ2v) is 9.25. The van der Waals surface area contributed by atoms with Gasteiger partial charge in [-0.3, -0.25) is 4.79 Å². The topological polar surface area (TPSA) is 51.0 Å². The van der Waals surface area contributed by atoms with Crippen molar-refractivity contribution in [2.24, 2.45) is 0 Å². The van der Waals surface area contributed by atoms with Crippen molar-refractivity contribution in [3.8, 4) is 0 Å². The van der Waals surface area contributed by atoms with E-state index in [4.69, 9.17) is 0 Å².